The molecule has 12 heteroatoms. The zero-order chi connectivity index (χ0) is 20.0. The number of benzene rings is 1. The van der Waals surface area contributed by atoms with Crippen LogP contribution in [0.15, 0.2) is 12.1 Å². The van der Waals surface area contributed by atoms with Gasteiger partial charge in [0.25, 0.3) is 0 Å². The average Bonchev–Trinajstić information content (AvgIpc) is 2.94. The van der Waals surface area contributed by atoms with Gasteiger partial charge in [0.2, 0.25) is 5.91 Å². The summed E-state index contributed by atoms with van der Waals surface area (Å²) in [6.07, 6.45) is -10.3. The van der Waals surface area contributed by atoms with E-state index in [-0.39, 0.29) is 18.3 Å². The fraction of sp³-hybridized carbons (Fsp3) is 0.467. The molecule has 0 bridgehead atoms. The van der Waals surface area contributed by atoms with E-state index in [1.807, 2.05) is 0 Å². The molecule has 1 N–H and O–H groups in total. The first-order valence-corrected chi connectivity index (χ1v) is 8.14. The number of piperazine rings is 1. The third-order valence-corrected chi connectivity index (χ3v) is 4.50. The summed E-state index contributed by atoms with van der Waals surface area (Å²) in [6.45, 7) is 1.55. The summed E-state index contributed by atoms with van der Waals surface area (Å²) in [5.41, 5.74) is -4.02. The molecule has 0 saturated carbocycles. The summed E-state index contributed by atoms with van der Waals surface area (Å²) in [6, 6.07) is 0.576. The number of H-pyrrole nitrogens is 1. The summed E-state index contributed by atoms with van der Waals surface area (Å²) in [5, 5.41) is 0. The number of alkyl halides is 6. The number of imidazole rings is 1. The number of nitrogens with one attached hydrogen (secondary N) is 1. The predicted molar refractivity (Wildman–Crippen MR) is 83.8 cm³/mol. The number of fused-ring (bicyclic) bond motifs is 1. The normalized spacial score (nSPS) is 16.9. The molecule has 0 radical (unpaired) electrons. The van der Waals surface area contributed by atoms with E-state index in [9.17, 15) is 31.1 Å². The van der Waals surface area contributed by atoms with Crippen LogP contribution in [0, 0.1) is 0 Å². The van der Waals surface area contributed by atoms with Gasteiger partial charge in [0.05, 0.1) is 23.1 Å². The molecule has 1 aliphatic rings. The Balaban J connectivity index is 1.93. The van der Waals surface area contributed by atoms with Crippen LogP contribution in [0.3, 0.4) is 0 Å². The van der Waals surface area contributed by atoms with E-state index in [0.29, 0.717) is 32.2 Å². The number of carbonyl (C=O) groups is 1. The van der Waals surface area contributed by atoms with E-state index in [4.69, 9.17) is 11.8 Å². The Bertz CT molecular complexity index is 854. The zero-order valence-corrected chi connectivity index (χ0v) is 14.3. The lowest BCUT2D eigenvalue weighted by atomic mass is 10.1. The quantitative estimate of drug-likeness (QED) is 0.605. The Hall–Kier alpha value is -2.01. The largest absolute Gasteiger partial charge is 0.418 e. The molecule has 2 aromatic rings. The molecular weight excluding hydrogens is 402 g/mol. The van der Waals surface area contributed by atoms with Gasteiger partial charge in [-0.05, 0) is 23.9 Å². The highest BCUT2D eigenvalue weighted by atomic mass is 35.5. The van der Waals surface area contributed by atoms with Crippen LogP contribution < -0.4 is 0 Å². The third kappa shape index (κ3) is 4.29. The minimum Gasteiger partial charge on any atom is -0.342 e. The fourth-order valence-electron chi connectivity index (χ4n) is 2.82. The van der Waals surface area contributed by atoms with Crippen molar-refractivity contribution in [3.05, 3.63) is 29.1 Å². The van der Waals surface area contributed by atoms with Crippen LogP contribution in [-0.4, -0.2) is 51.4 Å². The molecule has 1 aliphatic heterocycles. The van der Waals surface area contributed by atoms with E-state index in [2.05, 4.69) is 9.97 Å². The first-order chi connectivity index (χ1) is 12.4. The van der Waals surface area contributed by atoms with Crippen molar-refractivity contribution in [3.8, 4) is 0 Å². The lowest BCUT2D eigenvalue weighted by molar-refractivity contribution is -0.142. The third-order valence-electron chi connectivity index (χ3n) is 4.16. The van der Waals surface area contributed by atoms with Gasteiger partial charge in [-0.2, -0.15) is 26.3 Å². The molecule has 1 amide bonds. The van der Waals surface area contributed by atoms with Crippen molar-refractivity contribution in [2.24, 2.45) is 0 Å². The second-order valence-corrected chi connectivity index (χ2v) is 6.54. The standard InChI is InChI=1S/C15H13ClF6N4O/c16-26-3-1-25(2-4-26)12(27)7-11-23-10-6-8(14(17,18)19)5-9(13(10)24-11)15(20,21)22/h5-6H,1-4,7H2,(H,23,24). The number of nitrogens with zero attached hydrogens (tertiary/aromatic N) is 3. The predicted octanol–water partition coefficient (Wildman–Crippen LogP) is 3.44. The molecule has 1 aromatic carbocycles. The molecule has 0 atom stereocenters. The lowest BCUT2D eigenvalue weighted by Gasteiger charge is -2.30. The maximum Gasteiger partial charge on any atom is 0.418 e. The van der Waals surface area contributed by atoms with Crippen LogP contribution in [0.1, 0.15) is 17.0 Å². The number of rotatable bonds is 2. The van der Waals surface area contributed by atoms with Gasteiger partial charge >= 0.3 is 12.4 Å². The maximum atomic E-state index is 13.2. The summed E-state index contributed by atoms with van der Waals surface area (Å²) < 4.78 is 79.7. The average molecular weight is 415 g/mol. The molecule has 1 aromatic heterocycles. The molecule has 0 spiro atoms. The molecule has 0 aliphatic carbocycles. The minimum atomic E-state index is -5.02. The Morgan fingerprint density at radius 1 is 1.07 bits per heavy atom. The number of halogens is 7. The number of aromatic amines is 1. The number of aromatic nitrogens is 2. The van der Waals surface area contributed by atoms with Crippen LogP contribution in [0.25, 0.3) is 11.0 Å². The van der Waals surface area contributed by atoms with Crippen molar-refractivity contribution >= 4 is 28.7 Å². The maximum absolute atomic E-state index is 13.2. The Labute approximate surface area is 154 Å². The van der Waals surface area contributed by atoms with Crippen LogP contribution in [0.4, 0.5) is 26.3 Å². The van der Waals surface area contributed by atoms with Gasteiger partial charge in [0, 0.05) is 26.2 Å². The molecule has 3 rings (SSSR count). The van der Waals surface area contributed by atoms with E-state index in [0.717, 1.165) is 0 Å². The van der Waals surface area contributed by atoms with Crippen LogP contribution >= 0.6 is 11.8 Å². The van der Waals surface area contributed by atoms with Crippen LogP contribution in [-0.2, 0) is 23.6 Å². The van der Waals surface area contributed by atoms with E-state index in [1.165, 1.54) is 9.32 Å². The Morgan fingerprint density at radius 2 is 1.70 bits per heavy atom. The highest BCUT2D eigenvalue weighted by molar-refractivity contribution is 6.13. The molecule has 5 nitrogen and oxygen atoms in total. The van der Waals surface area contributed by atoms with Gasteiger partial charge in [-0.3, -0.25) is 4.79 Å². The monoisotopic (exact) mass is 414 g/mol. The topological polar surface area (TPSA) is 52.2 Å². The molecule has 1 saturated heterocycles. The number of hydrogen-bond donors (Lipinski definition) is 1. The fourth-order valence-corrected chi connectivity index (χ4v) is 2.97. The SMILES string of the molecule is O=C(Cc1nc2c(C(F)(F)F)cc(C(F)(F)F)cc2[nH]1)N1CCN(Cl)CC1. The second kappa shape index (κ2) is 6.86. The van der Waals surface area contributed by atoms with Gasteiger partial charge in [0.1, 0.15) is 11.3 Å². The highest BCUT2D eigenvalue weighted by Gasteiger charge is 2.39. The molecule has 0 unspecified atom stereocenters. The molecule has 148 valence electrons. The summed E-state index contributed by atoms with van der Waals surface area (Å²) >= 11 is 5.79. The molecule has 2 heterocycles. The van der Waals surface area contributed by atoms with Crippen LogP contribution in [0.2, 0.25) is 0 Å². The van der Waals surface area contributed by atoms with Crippen molar-refractivity contribution in [3.63, 3.8) is 0 Å². The van der Waals surface area contributed by atoms with Crippen molar-refractivity contribution in [2.45, 2.75) is 18.8 Å². The number of amides is 1. The zero-order valence-electron chi connectivity index (χ0n) is 13.6. The van der Waals surface area contributed by atoms with Crippen molar-refractivity contribution in [2.75, 3.05) is 26.2 Å². The Morgan fingerprint density at radius 3 is 2.26 bits per heavy atom. The first-order valence-electron chi connectivity index (χ1n) is 7.80. The highest BCUT2D eigenvalue weighted by Crippen LogP contribution is 2.39. The van der Waals surface area contributed by atoms with E-state index < -0.39 is 40.4 Å². The van der Waals surface area contributed by atoms with Gasteiger partial charge in [-0.25, -0.2) is 9.40 Å². The number of hydrogen-bond acceptors (Lipinski definition) is 3. The van der Waals surface area contributed by atoms with Crippen molar-refractivity contribution in [1.29, 1.82) is 0 Å². The van der Waals surface area contributed by atoms with Gasteiger partial charge in [-0.15, -0.1) is 0 Å². The van der Waals surface area contributed by atoms with Crippen LogP contribution in [0.5, 0.6) is 0 Å². The van der Waals surface area contributed by atoms with Crippen molar-refractivity contribution in [1.82, 2.24) is 19.3 Å². The molecule has 1 fully saturated rings. The number of carbonyl (C=O) groups excluding carboxylic acids is 1. The second-order valence-electron chi connectivity index (χ2n) is 6.07. The minimum absolute atomic E-state index is 0.0223. The lowest BCUT2D eigenvalue weighted by Crippen LogP contribution is -2.46. The molecule has 27 heavy (non-hydrogen) atoms. The smallest absolute Gasteiger partial charge is 0.342 e. The van der Waals surface area contributed by atoms with Gasteiger partial charge < -0.3 is 9.88 Å². The van der Waals surface area contributed by atoms with Gasteiger partial charge in [-0.1, -0.05) is 0 Å². The molecular formula is C15H13ClF6N4O. The van der Waals surface area contributed by atoms with E-state index >= 15 is 0 Å². The van der Waals surface area contributed by atoms with Crippen molar-refractivity contribution < 1.29 is 31.1 Å². The summed E-state index contributed by atoms with van der Waals surface area (Å²) in [7, 11) is 0. The summed E-state index contributed by atoms with van der Waals surface area (Å²) in [4.78, 5) is 19.9. The first kappa shape index (κ1) is 19.7. The van der Waals surface area contributed by atoms with E-state index in [1.54, 1.807) is 0 Å². The van der Waals surface area contributed by atoms with Gasteiger partial charge in [0.15, 0.2) is 0 Å². The Kier molecular flexibility index (Phi) is 5.02. The summed E-state index contributed by atoms with van der Waals surface area (Å²) in [5.74, 6) is -0.531.